The molecule has 0 saturated heterocycles. The van der Waals surface area contributed by atoms with Crippen molar-refractivity contribution in [2.24, 2.45) is 0 Å². The van der Waals surface area contributed by atoms with E-state index in [1.807, 2.05) is 57.3 Å². The lowest BCUT2D eigenvalue weighted by atomic mass is 10.1. The summed E-state index contributed by atoms with van der Waals surface area (Å²) in [7, 11) is 0. The molecule has 0 bridgehead atoms. The Balaban J connectivity index is 2.14. The van der Waals surface area contributed by atoms with Gasteiger partial charge in [0.1, 0.15) is 0 Å². The molecular weight excluding hydrogens is 344 g/mol. The molecule has 0 unspecified atom stereocenters. The van der Waals surface area contributed by atoms with Gasteiger partial charge in [-0.2, -0.15) is 5.10 Å². The molecule has 0 spiro atoms. The zero-order chi connectivity index (χ0) is 19.9. The number of aromatic nitrogens is 4. The lowest BCUT2D eigenvalue weighted by molar-refractivity contribution is 1.05. The van der Waals surface area contributed by atoms with E-state index in [0.29, 0.717) is 0 Å². The Morgan fingerprint density at radius 3 is 2.68 bits per heavy atom. The number of hydrogen-bond acceptors (Lipinski definition) is 3. The van der Waals surface area contributed by atoms with Crippen LogP contribution in [0, 0.1) is 6.92 Å². The number of H-pyrrole nitrogens is 1. The van der Waals surface area contributed by atoms with Crippen LogP contribution in [0.1, 0.15) is 32.4 Å². The highest BCUT2D eigenvalue weighted by Gasteiger charge is 2.12. The summed E-state index contributed by atoms with van der Waals surface area (Å²) in [6.07, 6.45) is 12.1. The lowest BCUT2D eigenvalue weighted by Gasteiger charge is -2.06. The van der Waals surface area contributed by atoms with Crippen LogP contribution >= 0.6 is 0 Å². The summed E-state index contributed by atoms with van der Waals surface area (Å²) in [5, 5.41) is 9.19. The van der Waals surface area contributed by atoms with Crippen LogP contribution in [-0.2, 0) is 0 Å². The highest BCUT2D eigenvalue weighted by atomic mass is 15.1. The van der Waals surface area contributed by atoms with E-state index >= 15 is 0 Å². The topological polar surface area (TPSA) is 54.5 Å². The fraction of sp³-hybridized carbons (Fsp3) is 0.208. The van der Waals surface area contributed by atoms with Crippen molar-refractivity contribution in [2.75, 3.05) is 0 Å². The van der Waals surface area contributed by atoms with Crippen LogP contribution in [0.3, 0.4) is 0 Å². The van der Waals surface area contributed by atoms with Gasteiger partial charge in [0.05, 0.1) is 28.6 Å². The molecule has 0 fully saturated rings. The first kappa shape index (κ1) is 19.5. The Morgan fingerprint density at radius 1 is 1.07 bits per heavy atom. The van der Waals surface area contributed by atoms with Gasteiger partial charge < -0.3 is 0 Å². The maximum absolute atomic E-state index is 4.96. The van der Waals surface area contributed by atoms with E-state index in [-0.39, 0.29) is 0 Å². The summed E-state index contributed by atoms with van der Waals surface area (Å²) in [6, 6.07) is 9.98. The van der Waals surface area contributed by atoms with Crippen molar-refractivity contribution in [1.82, 2.24) is 20.2 Å². The third-order valence-corrected chi connectivity index (χ3v) is 4.53. The van der Waals surface area contributed by atoms with Crippen LogP contribution in [0.5, 0.6) is 0 Å². The first-order chi connectivity index (χ1) is 13.6. The third-order valence-electron chi connectivity index (χ3n) is 4.53. The molecule has 3 rings (SSSR count). The van der Waals surface area contributed by atoms with Crippen molar-refractivity contribution in [1.29, 1.82) is 0 Å². The average Bonchev–Trinajstić information content (AvgIpc) is 3.18. The molecule has 0 radical (unpaired) electrons. The van der Waals surface area contributed by atoms with E-state index in [9.17, 15) is 0 Å². The van der Waals surface area contributed by atoms with Gasteiger partial charge in [0.15, 0.2) is 0 Å². The number of hydrogen-bond donors (Lipinski definition) is 1. The maximum Gasteiger partial charge on any atom is 0.0928 e. The number of aryl methyl sites for hydroxylation is 1. The van der Waals surface area contributed by atoms with Crippen molar-refractivity contribution in [3.05, 3.63) is 77.1 Å². The van der Waals surface area contributed by atoms with Gasteiger partial charge in [-0.1, -0.05) is 43.0 Å². The van der Waals surface area contributed by atoms with Gasteiger partial charge in [0.2, 0.25) is 0 Å². The number of nitrogens with zero attached hydrogens (tertiary/aromatic N) is 3. The third kappa shape index (κ3) is 4.34. The average molecular weight is 371 g/mol. The second-order valence-corrected chi connectivity index (χ2v) is 6.66. The number of rotatable bonds is 6. The predicted molar refractivity (Wildman–Crippen MR) is 117 cm³/mol. The van der Waals surface area contributed by atoms with Crippen molar-refractivity contribution in [3.63, 3.8) is 0 Å². The van der Waals surface area contributed by atoms with E-state index in [1.165, 1.54) is 5.57 Å². The summed E-state index contributed by atoms with van der Waals surface area (Å²) in [5.74, 6) is 0. The first-order valence-corrected chi connectivity index (χ1v) is 9.55. The second kappa shape index (κ2) is 9.09. The molecule has 0 aromatic carbocycles. The Hall–Kier alpha value is -3.27. The van der Waals surface area contributed by atoms with Crippen molar-refractivity contribution >= 4 is 12.2 Å². The minimum atomic E-state index is 0.861. The van der Waals surface area contributed by atoms with Gasteiger partial charge >= 0.3 is 0 Å². The van der Waals surface area contributed by atoms with Crippen LogP contribution in [-0.4, -0.2) is 20.2 Å². The van der Waals surface area contributed by atoms with Gasteiger partial charge in [-0.3, -0.25) is 10.1 Å². The SMILES string of the molecule is C=c1ccc(-c2cn[nH]c2-c2cccc(C)n2)n/c1=C(/C=C\C)CC/C=C/C. The Labute approximate surface area is 166 Å². The molecule has 142 valence electrons. The largest absolute Gasteiger partial charge is 0.276 e. The molecule has 3 aromatic heterocycles. The standard InChI is InChI=1S/C24H26N4/c1-5-7-8-12-19(10-6-2)23-17(3)14-15-21(27-23)20-16-25-28-24(20)22-13-9-11-18(4)26-22/h5-7,9-11,13-16H,3,8,12H2,1-2,4H3,(H,25,28)/b7-5+,10-6-,23-19-. The van der Waals surface area contributed by atoms with E-state index in [0.717, 1.165) is 51.7 Å². The van der Waals surface area contributed by atoms with Crippen LogP contribution in [0.25, 0.3) is 34.8 Å². The van der Waals surface area contributed by atoms with Gasteiger partial charge in [-0.25, -0.2) is 4.98 Å². The molecular formula is C24H26N4. The van der Waals surface area contributed by atoms with Crippen molar-refractivity contribution < 1.29 is 0 Å². The van der Waals surface area contributed by atoms with Crippen molar-refractivity contribution in [2.45, 2.75) is 33.6 Å². The van der Waals surface area contributed by atoms with Gasteiger partial charge in [0.25, 0.3) is 0 Å². The van der Waals surface area contributed by atoms with Crippen molar-refractivity contribution in [3.8, 4) is 22.6 Å². The maximum atomic E-state index is 4.96. The molecule has 4 heteroatoms. The first-order valence-electron chi connectivity index (χ1n) is 9.55. The molecule has 0 aliphatic rings. The molecule has 3 heterocycles. The molecule has 0 atom stereocenters. The minimum Gasteiger partial charge on any atom is -0.276 e. The highest BCUT2D eigenvalue weighted by molar-refractivity contribution is 5.76. The Bertz CT molecular complexity index is 1120. The molecule has 0 aliphatic heterocycles. The number of pyridine rings is 2. The van der Waals surface area contributed by atoms with E-state index < -0.39 is 0 Å². The Morgan fingerprint density at radius 2 is 1.93 bits per heavy atom. The second-order valence-electron chi connectivity index (χ2n) is 6.66. The highest BCUT2D eigenvalue weighted by Crippen LogP contribution is 2.26. The van der Waals surface area contributed by atoms with Crippen LogP contribution in [0.15, 0.2) is 60.8 Å². The van der Waals surface area contributed by atoms with E-state index in [4.69, 9.17) is 4.98 Å². The molecule has 1 N–H and O–H groups in total. The molecule has 0 amide bonds. The summed E-state index contributed by atoms with van der Waals surface area (Å²) in [5.41, 5.74) is 5.69. The summed E-state index contributed by atoms with van der Waals surface area (Å²) >= 11 is 0. The zero-order valence-corrected chi connectivity index (χ0v) is 16.7. The summed E-state index contributed by atoms with van der Waals surface area (Å²) in [4.78, 5) is 9.58. The lowest BCUT2D eigenvalue weighted by Crippen LogP contribution is -2.29. The van der Waals surface area contributed by atoms with Gasteiger partial charge in [-0.05, 0) is 62.6 Å². The minimum absolute atomic E-state index is 0.861. The smallest absolute Gasteiger partial charge is 0.0928 e. The van der Waals surface area contributed by atoms with Crippen LogP contribution in [0.4, 0.5) is 0 Å². The molecule has 0 saturated carbocycles. The molecule has 0 aliphatic carbocycles. The Kier molecular flexibility index (Phi) is 6.33. The number of allylic oxidation sites excluding steroid dienone is 4. The predicted octanol–water partition coefficient (Wildman–Crippen LogP) is 4.34. The van der Waals surface area contributed by atoms with Gasteiger partial charge in [0, 0.05) is 11.3 Å². The molecule has 4 nitrogen and oxygen atoms in total. The summed E-state index contributed by atoms with van der Waals surface area (Å²) < 4.78 is 0. The van der Waals surface area contributed by atoms with Crippen LogP contribution < -0.4 is 10.6 Å². The monoisotopic (exact) mass is 370 g/mol. The van der Waals surface area contributed by atoms with Gasteiger partial charge in [-0.15, -0.1) is 0 Å². The number of nitrogens with one attached hydrogen (secondary N) is 1. The fourth-order valence-electron chi connectivity index (χ4n) is 3.16. The molecule has 28 heavy (non-hydrogen) atoms. The fourth-order valence-corrected chi connectivity index (χ4v) is 3.16. The van der Waals surface area contributed by atoms with E-state index in [1.54, 1.807) is 0 Å². The summed E-state index contributed by atoms with van der Waals surface area (Å²) in [6.45, 7) is 10.2. The van der Waals surface area contributed by atoms with E-state index in [2.05, 4.69) is 46.1 Å². The zero-order valence-electron chi connectivity index (χ0n) is 16.7. The molecule has 3 aromatic rings. The quantitative estimate of drug-likeness (QED) is 0.657. The number of aromatic amines is 1. The normalized spacial score (nSPS) is 12.8. The van der Waals surface area contributed by atoms with Crippen LogP contribution in [0.2, 0.25) is 0 Å².